The average molecular weight is 562 g/mol. The van der Waals surface area contributed by atoms with Gasteiger partial charge in [0.25, 0.3) is 0 Å². The molecule has 1 N–H and O–H groups in total. The highest BCUT2D eigenvalue weighted by Gasteiger charge is 2.60. The number of halogens is 3. The van der Waals surface area contributed by atoms with E-state index in [-0.39, 0.29) is 17.1 Å². The van der Waals surface area contributed by atoms with Gasteiger partial charge in [-0.05, 0) is 48.4 Å². The first-order valence-electron chi connectivity index (χ1n) is 13.8. The van der Waals surface area contributed by atoms with Gasteiger partial charge in [0.2, 0.25) is 0 Å². The number of carbonyl (C=O) groups excluding carboxylic acids is 1. The highest BCUT2D eigenvalue weighted by molar-refractivity contribution is 5.67. The molecule has 4 aliphatic rings. The Kier molecular flexibility index (Phi) is 6.47. The molecule has 2 aliphatic heterocycles. The second-order valence-corrected chi connectivity index (χ2v) is 11.9. The molecule has 3 heterocycles. The number of methoxy groups -OCH3 is 1. The van der Waals surface area contributed by atoms with Crippen molar-refractivity contribution in [1.29, 1.82) is 0 Å². The summed E-state index contributed by atoms with van der Waals surface area (Å²) in [5.74, 6) is -0.770. The number of ether oxygens (including phenoxy) is 4. The minimum absolute atomic E-state index is 0.0799. The van der Waals surface area contributed by atoms with Gasteiger partial charge < -0.3 is 24.1 Å². The van der Waals surface area contributed by atoms with Crippen molar-refractivity contribution in [3.8, 4) is 5.75 Å². The van der Waals surface area contributed by atoms with Crippen molar-refractivity contribution in [2.24, 2.45) is 5.41 Å². The third kappa shape index (κ3) is 4.21. The number of aliphatic hydroxyl groups excluding tert-OH is 1. The van der Waals surface area contributed by atoms with Crippen molar-refractivity contribution in [2.45, 2.75) is 88.9 Å². The lowest BCUT2D eigenvalue weighted by Gasteiger charge is -2.40. The molecule has 3 atom stereocenters. The zero-order chi connectivity index (χ0) is 28.6. The molecule has 0 bridgehead atoms. The van der Waals surface area contributed by atoms with Gasteiger partial charge in [0.05, 0.1) is 30.1 Å². The molecule has 7 nitrogen and oxygen atoms in total. The summed E-state index contributed by atoms with van der Waals surface area (Å²) in [4.78, 5) is 17.3. The Balaban J connectivity index is 1.61. The van der Waals surface area contributed by atoms with Crippen molar-refractivity contribution in [1.82, 2.24) is 4.98 Å². The summed E-state index contributed by atoms with van der Waals surface area (Å²) >= 11 is 0. The molecule has 216 valence electrons. The largest absolute Gasteiger partial charge is 0.496 e. The fraction of sp³-hybridized carbons (Fsp3) is 0.600. The first-order chi connectivity index (χ1) is 18.9. The number of hydrogen-bond acceptors (Lipinski definition) is 7. The maximum Gasteiger partial charge on any atom is 0.419 e. The number of pyridine rings is 1. The van der Waals surface area contributed by atoms with Crippen molar-refractivity contribution < 1.29 is 42.0 Å². The van der Waals surface area contributed by atoms with Crippen LogP contribution >= 0.6 is 0 Å². The smallest absolute Gasteiger partial charge is 0.419 e. The number of nitrogens with zero attached hydrogens (tertiary/aromatic N) is 1. The first-order valence-corrected chi connectivity index (χ1v) is 13.8. The Bertz CT molecular complexity index is 1350. The quantitative estimate of drug-likeness (QED) is 0.446. The molecule has 1 aromatic heterocycles. The lowest BCUT2D eigenvalue weighted by molar-refractivity contribution is -0.153. The third-order valence-electron chi connectivity index (χ3n) is 8.99. The summed E-state index contributed by atoms with van der Waals surface area (Å²) in [6.45, 7) is 6.26. The minimum Gasteiger partial charge on any atom is -0.496 e. The van der Waals surface area contributed by atoms with Gasteiger partial charge in [0.15, 0.2) is 0 Å². The summed E-state index contributed by atoms with van der Waals surface area (Å²) < 4.78 is 64.6. The number of fused-ring (bicyclic) bond motifs is 4. The van der Waals surface area contributed by atoms with Crippen LogP contribution in [0.2, 0.25) is 0 Å². The van der Waals surface area contributed by atoms with Gasteiger partial charge in [-0.25, -0.2) is 0 Å². The summed E-state index contributed by atoms with van der Waals surface area (Å²) in [7, 11) is 1.22. The molecule has 40 heavy (non-hydrogen) atoms. The van der Waals surface area contributed by atoms with Crippen molar-refractivity contribution in [3.63, 3.8) is 0 Å². The van der Waals surface area contributed by atoms with E-state index in [1.807, 2.05) is 13.8 Å². The zero-order valence-corrected chi connectivity index (χ0v) is 23.1. The predicted molar refractivity (Wildman–Crippen MR) is 137 cm³/mol. The number of hydrogen-bond donors (Lipinski definition) is 1. The Morgan fingerprint density at radius 1 is 1.15 bits per heavy atom. The second-order valence-electron chi connectivity index (χ2n) is 11.9. The molecule has 2 aliphatic carbocycles. The van der Waals surface area contributed by atoms with Gasteiger partial charge in [-0.15, -0.1) is 0 Å². The second kappa shape index (κ2) is 9.42. The Hall–Kier alpha value is -2.69. The van der Waals surface area contributed by atoms with Crippen LogP contribution in [0.4, 0.5) is 13.2 Å². The first kappa shape index (κ1) is 27.5. The predicted octanol–water partition coefficient (Wildman–Crippen LogP) is 6.18. The molecule has 1 aromatic carbocycles. The van der Waals surface area contributed by atoms with E-state index >= 15 is 0 Å². The Morgan fingerprint density at radius 3 is 2.42 bits per heavy atom. The molecule has 6 rings (SSSR count). The monoisotopic (exact) mass is 561 g/mol. The zero-order valence-electron chi connectivity index (χ0n) is 23.1. The topological polar surface area (TPSA) is 87.1 Å². The lowest BCUT2D eigenvalue weighted by Crippen LogP contribution is -2.37. The Morgan fingerprint density at radius 2 is 1.85 bits per heavy atom. The van der Waals surface area contributed by atoms with Crippen LogP contribution in [0.15, 0.2) is 18.2 Å². The van der Waals surface area contributed by atoms with Gasteiger partial charge in [-0.3, -0.25) is 9.78 Å². The van der Waals surface area contributed by atoms with Crippen LogP contribution in [0.3, 0.4) is 0 Å². The standard InChI is InChI=1S/C30H34F3NO6/c1-15(2)24-22-23(21-19(36)14-28(7-8-28)27(25(21)34-24)39-16(3)35)29(9-11-38-12-10-29)40-26(22)17-5-6-18(30(31,32)33)20(13-17)37-4/h5-6,13,15,19,26-27,36H,7-12,14H2,1-4H3/t19-,26+,27?/m0/s1. The number of alkyl halides is 3. The van der Waals surface area contributed by atoms with Crippen LogP contribution in [-0.2, 0) is 30.8 Å². The number of benzene rings is 1. The van der Waals surface area contributed by atoms with E-state index in [9.17, 15) is 23.1 Å². The molecular weight excluding hydrogens is 527 g/mol. The van der Waals surface area contributed by atoms with Gasteiger partial charge in [-0.1, -0.05) is 19.9 Å². The van der Waals surface area contributed by atoms with Crippen molar-refractivity contribution in [2.75, 3.05) is 20.3 Å². The fourth-order valence-electron chi connectivity index (χ4n) is 7.00. The van der Waals surface area contributed by atoms with E-state index in [0.717, 1.165) is 35.7 Å². The molecule has 0 amide bonds. The number of aromatic nitrogens is 1. The fourth-order valence-corrected chi connectivity index (χ4v) is 7.00. The molecule has 1 unspecified atom stereocenters. The maximum absolute atomic E-state index is 13.7. The molecule has 2 fully saturated rings. The average Bonchev–Trinajstić information content (AvgIpc) is 3.60. The van der Waals surface area contributed by atoms with Gasteiger partial charge in [0.1, 0.15) is 18.0 Å². The number of rotatable bonds is 4. The summed E-state index contributed by atoms with van der Waals surface area (Å²) in [5, 5.41) is 11.6. The van der Waals surface area contributed by atoms with Crippen LogP contribution < -0.4 is 4.74 Å². The van der Waals surface area contributed by atoms with E-state index in [2.05, 4.69) is 0 Å². The van der Waals surface area contributed by atoms with E-state index in [4.69, 9.17) is 23.9 Å². The molecule has 2 spiro atoms. The van der Waals surface area contributed by atoms with Gasteiger partial charge in [-0.2, -0.15) is 13.2 Å². The maximum atomic E-state index is 13.7. The third-order valence-corrected chi connectivity index (χ3v) is 8.99. The van der Waals surface area contributed by atoms with Gasteiger partial charge in [0, 0.05) is 55.2 Å². The minimum atomic E-state index is -4.57. The van der Waals surface area contributed by atoms with Crippen LogP contribution in [-0.4, -0.2) is 36.4 Å². The molecule has 0 radical (unpaired) electrons. The van der Waals surface area contributed by atoms with Gasteiger partial charge >= 0.3 is 12.1 Å². The van der Waals surface area contributed by atoms with E-state index in [0.29, 0.717) is 49.3 Å². The highest BCUT2D eigenvalue weighted by Crippen LogP contribution is 2.67. The van der Waals surface area contributed by atoms with Crippen LogP contribution in [0, 0.1) is 5.41 Å². The summed E-state index contributed by atoms with van der Waals surface area (Å²) in [6, 6.07) is 3.84. The molecule has 1 saturated heterocycles. The van der Waals surface area contributed by atoms with E-state index in [1.54, 1.807) is 0 Å². The summed E-state index contributed by atoms with van der Waals surface area (Å²) in [6.07, 6.45) is -3.57. The Labute approximate surface area is 231 Å². The SMILES string of the molecule is COc1cc([C@H]2OC3(CCOCC3)c3c2c(C(C)C)nc2c3[C@@H](O)CC3(CC3)C2OC(C)=O)ccc1C(F)(F)F. The van der Waals surface area contributed by atoms with E-state index < -0.39 is 41.6 Å². The molecule has 10 heteroatoms. The lowest BCUT2D eigenvalue weighted by atomic mass is 9.72. The molecule has 1 saturated carbocycles. The van der Waals surface area contributed by atoms with Crippen molar-refractivity contribution >= 4 is 5.97 Å². The van der Waals surface area contributed by atoms with Crippen molar-refractivity contribution in [3.05, 3.63) is 57.4 Å². The molecular formula is C30H34F3NO6. The number of esters is 1. The van der Waals surface area contributed by atoms with Crippen LogP contribution in [0.25, 0.3) is 0 Å². The van der Waals surface area contributed by atoms with Crippen LogP contribution in [0.1, 0.15) is 116 Å². The normalized spacial score (nSPS) is 26.1. The summed E-state index contributed by atoms with van der Waals surface area (Å²) in [5.41, 5.74) is 2.01. The number of carbonyl (C=O) groups is 1. The molecule has 2 aromatic rings. The van der Waals surface area contributed by atoms with Crippen LogP contribution in [0.5, 0.6) is 5.75 Å². The van der Waals surface area contributed by atoms with E-state index in [1.165, 1.54) is 26.2 Å². The highest BCUT2D eigenvalue weighted by atomic mass is 19.4. The number of aliphatic hydroxyl groups is 1.